The van der Waals surface area contributed by atoms with Crippen molar-refractivity contribution in [2.24, 2.45) is 4.99 Å². The predicted molar refractivity (Wildman–Crippen MR) is 85.1 cm³/mol. The molecule has 3 rings (SSSR count). The van der Waals surface area contributed by atoms with E-state index in [1.807, 2.05) is 38.1 Å². The number of halogens is 1. The number of phenolic OH excluding ortho intramolecular Hbond substituents is 1. The highest BCUT2D eigenvalue weighted by Crippen LogP contribution is 2.37. The third-order valence-electron chi connectivity index (χ3n) is 3.26. The Morgan fingerprint density at radius 1 is 1.14 bits per heavy atom. The molecule has 0 radical (unpaired) electrons. The molecule has 0 aliphatic carbocycles. The minimum absolute atomic E-state index is 0.203. The zero-order chi connectivity index (χ0) is 15.0. The number of phenols is 1. The van der Waals surface area contributed by atoms with Crippen LogP contribution in [0.1, 0.15) is 16.7 Å². The monoisotopic (exact) mass is 347 g/mol. The molecule has 0 unspecified atom stereocenters. The highest BCUT2D eigenvalue weighted by molar-refractivity contribution is 9.10. The first-order chi connectivity index (χ1) is 10.0. The first-order valence-electron chi connectivity index (χ1n) is 6.48. The number of aliphatic imine (C=N–C) groups is 1. The van der Waals surface area contributed by atoms with Gasteiger partial charge in [0.1, 0.15) is 11.4 Å². The van der Waals surface area contributed by atoms with Crippen LogP contribution in [0.4, 0.5) is 5.69 Å². The number of hydrogen-bond acceptors (Lipinski definition) is 4. The second-order valence-electron chi connectivity index (χ2n) is 4.93. The van der Waals surface area contributed by atoms with Crippen molar-refractivity contribution in [2.75, 3.05) is 6.79 Å². The lowest BCUT2D eigenvalue weighted by atomic mass is 10.1. The lowest BCUT2D eigenvalue weighted by Gasteiger charge is -2.05. The van der Waals surface area contributed by atoms with Crippen LogP contribution in [0.5, 0.6) is 17.2 Å². The van der Waals surface area contributed by atoms with Gasteiger partial charge in [-0.25, -0.2) is 0 Å². The second kappa shape index (κ2) is 5.41. The molecule has 108 valence electrons. The van der Waals surface area contributed by atoms with Gasteiger partial charge in [0, 0.05) is 16.3 Å². The Balaban J connectivity index is 1.97. The molecule has 2 aromatic carbocycles. The van der Waals surface area contributed by atoms with E-state index in [2.05, 4.69) is 20.9 Å². The first-order valence-corrected chi connectivity index (χ1v) is 7.27. The fraction of sp³-hybridized carbons (Fsp3) is 0.188. The summed E-state index contributed by atoms with van der Waals surface area (Å²) in [4.78, 5) is 4.38. The summed E-state index contributed by atoms with van der Waals surface area (Å²) in [5.74, 6) is 1.62. The van der Waals surface area contributed by atoms with Crippen LogP contribution in [0, 0.1) is 13.8 Å². The van der Waals surface area contributed by atoms with Gasteiger partial charge in [0.2, 0.25) is 6.79 Å². The molecule has 0 spiro atoms. The molecule has 0 saturated heterocycles. The average Bonchev–Trinajstić information content (AvgIpc) is 2.88. The van der Waals surface area contributed by atoms with Crippen molar-refractivity contribution in [3.05, 3.63) is 45.4 Å². The molecule has 1 aliphatic rings. The van der Waals surface area contributed by atoms with Crippen LogP contribution in [-0.2, 0) is 0 Å². The number of benzene rings is 2. The summed E-state index contributed by atoms with van der Waals surface area (Å²) < 4.78 is 11.5. The normalized spacial score (nSPS) is 13.1. The largest absolute Gasteiger partial charge is 0.505 e. The number of hydrogen-bond donors (Lipinski definition) is 1. The molecule has 21 heavy (non-hydrogen) atoms. The van der Waals surface area contributed by atoms with Gasteiger partial charge in [-0.3, -0.25) is 4.99 Å². The van der Waals surface area contributed by atoms with Crippen molar-refractivity contribution >= 4 is 27.8 Å². The first kappa shape index (κ1) is 13.9. The van der Waals surface area contributed by atoms with Crippen LogP contribution in [0.3, 0.4) is 0 Å². The predicted octanol–water partition coefficient (Wildman–Crippen LogP) is 4.25. The summed E-state index contributed by atoms with van der Waals surface area (Å²) in [6.45, 7) is 4.07. The van der Waals surface area contributed by atoms with Crippen LogP contribution >= 0.6 is 15.9 Å². The van der Waals surface area contributed by atoms with E-state index in [0.717, 1.165) is 21.2 Å². The van der Waals surface area contributed by atoms with E-state index in [1.54, 1.807) is 6.21 Å². The summed E-state index contributed by atoms with van der Waals surface area (Å²) in [6, 6.07) is 7.48. The highest BCUT2D eigenvalue weighted by Gasteiger charge is 2.15. The maximum Gasteiger partial charge on any atom is 0.231 e. The van der Waals surface area contributed by atoms with E-state index in [1.165, 1.54) is 0 Å². The third kappa shape index (κ3) is 2.74. The summed E-state index contributed by atoms with van der Waals surface area (Å²) in [6.07, 6.45) is 1.69. The van der Waals surface area contributed by atoms with E-state index in [9.17, 15) is 5.11 Å². The zero-order valence-electron chi connectivity index (χ0n) is 11.7. The van der Waals surface area contributed by atoms with Gasteiger partial charge in [-0.15, -0.1) is 0 Å². The van der Waals surface area contributed by atoms with Crippen molar-refractivity contribution in [3.8, 4) is 17.2 Å². The summed E-state index contributed by atoms with van der Waals surface area (Å²) in [5, 5.41) is 10.1. The van der Waals surface area contributed by atoms with Crippen molar-refractivity contribution in [1.82, 2.24) is 0 Å². The van der Waals surface area contributed by atoms with Crippen LogP contribution in [0.15, 0.2) is 33.7 Å². The molecular formula is C16H14BrNO3. The van der Waals surface area contributed by atoms with Gasteiger partial charge >= 0.3 is 0 Å². The van der Waals surface area contributed by atoms with Gasteiger partial charge in [-0.05, 0) is 59.1 Å². The number of ether oxygens (including phenoxy) is 2. The molecule has 0 saturated carbocycles. The number of aromatic hydroxyl groups is 1. The summed E-state index contributed by atoms with van der Waals surface area (Å²) >= 11 is 3.48. The van der Waals surface area contributed by atoms with Crippen molar-refractivity contribution in [1.29, 1.82) is 0 Å². The molecule has 5 heteroatoms. The Labute approximate surface area is 131 Å². The molecule has 0 bridgehead atoms. The van der Waals surface area contributed by atoms with E-state index in [-0.39, 0.29) is 12.5 Å². The van der Waals surface area contributed by atoms with E-state index < -0.39 is 0 Å². The molecule has 2 aromatic rings. The smallest absolute Gasteiger partial charge is 0.231 e. The zero-order valence-corrected chi connectivity index (χ0v) is 13.3. The summed E-state index contributed by atoms with van der Waals surface area (Å²) in [7, 11) is 0. The fourth-order valence-corrected chi connectivity index (χ4v) is 2.63. The molecule has 0 fully saturated rings. The Morgan fingerprint density at radius 3 is 2.62 bits per heavy atom. The van der Waals surface area contributed by atoms with Gasteiger partial charge in [-0.1, -0.05) is 6.07 Å². The number of rotatable bonds is 2. The van der Waals surface area contributed by atoms with Gasteiger partial charge in [0.25, 0.3) is 0 Å². The molecule has 1 heterocycles. The van der Waals surface area contributed by atoms with Gasteiger partial charge in [0.15, 0.2) is 11.5 Å². The molecule has 4 nitrogen and oxygen atoms in total. The highest BCUT2D eigenvalue weighted by atomic mass is 79.9. The van der Waals surface area contributed by atoms with Crippen molar-refractivity contribution in [3.63, 3.8) is 0 Å². The fourth-order valence-electron chi connectivity index (χ4n) is 2.21. The van der Waals surface area contributed by atoms with Gasteiger partial charge in [0.05, 0.1) is 0 Å². The Morgan fingerprint density at radius 2 is 1.86 bits per heavy atom. The quantitative estimate of drug-likeness (QED) is 0.826. The van der Waals surface area contributed by atoms with Crippen LogP contribution < -0.4 is 9.47 Å². The molecule has 1 N–H and O–H groups in total. The van der Waals surface area contributed by atoms with Crippen LogP contribution in [-0.4, -0.2) is 18.1 Å². The number of fused-ring (bicyclic) bond motifs is 1. The number of nitrogens with zero attached hydrogens (tertiary/aromatic N) is 1. The van der Waals surface area contributed by atoms with Crippen molar-refractivity contribution < 1.29 is 14.6 Å². The lowest BCUT2D eigenvalue weighted by Crippen LogP contribution is -1.92. The Hall–Kier alpha value is -2.01. The number of aryl methyl sites for hydroxylation is 2. The SMILES string of the molecule is Cc1cc(C)c(O)c(N=Cc2cc3c(cc2Br)OCO3)c1. The molecular weight excluding hydrogens is 334 g/mol. The molecule has 0 atom stereocenters. The third-order valence-corrected chi connectivity index (χ3v) is 3.95. The van der Waals surface area contributed by atoms with Gasteiger partial charge in [-0.2, -0.15) is 0 Å². The standard InChI is InChI=1S/C16H14BrNO3/c1-9-3-10(2)16(19)13(4-9)18-7-11-5-14-15(6-12(11)17)21-8-20-14/h3-7,19H,8H2,1-2H3. The van der Waals surface area contributed by atoms with E-state index >= 15 is 0 Å². The Kier molecular flexibility index (Phi) is 3.59. The molecule has 1 aliphatic heterocycles. The topological polar surface area (TPSA) is 51.1 Å². The molecule has 0 aromatic heterocycles. The maximum atomic E-state index is 10.1. The average molecular weight is 348 g/mol. The molecule has 0 amide bonds. The summed E-state index contributed by atoms with van der Waals surface area (Å²) in [5.41, 5.74) is 3.28. The van der Waals surface area contributed by atoms with Gasteiger partial charge < -0.3 is 14.6 Å². The van der Waals surface area contributed by atoms with E-state index in [4.69, 9.17) is 9.47 Å². The minimum Gasteiger partial charge on any atom is -0.505 e. The Bertz CT molecular complexity index is 741. The lowest BCUT2D eigenvalue weighted by molar-refractivity contribution is 0.174. The van der Waals surface area contributed by atoms with E-state index in [0.29, 0.717) is 17.2 Å². The van der Waals surface area contributed by atoms with Crippen LogP contribution in [0.25, 0.3) is 0 Å². The minimum atomic E-state index is 0.203. The van der Waals surface area contributed by atoms with Crippen molar-refractivity contribution in [2.45, 2.75) is 13.8 Å². The maximum absolute atomic E-state index is 10.1. The second-order valence-corrected chi connectivity index (χ2v) is 5.79. The van der Waals surface area contributed by atoms with Crippen LogP contribution in [0.2, 0.25) is 0 Å².